The number of anilines is 2. The standard InChI is InChI=1S/C28H26N6O3S/c1-3-25(35)30-22-14-13-21(17-18(22)2)33-27(26(31-28(33)38)23-7-4-5-15-29-23)24-8-6-16-32(24)19-9-11-20(12-10-19)34(36)37/h4-17,26-27H,3H2,1-2H3,(H,30,35)(H,31,38)/t26-,27-/m0/s1. The molecule has 2 aromatic carbocycles. The van der Waals surface area contributed by atoms with Crippen molar-refractivity contribution in [2.24, 2.45) is 0 Å². The molecule has 2 atom stereocenters. The molecule has 1 aliphatic heterocycles. The lowest BCUT2D eigenvalue weighted by molar-refractivity contribution is -0.384. The van der Waals surface area contributed by atoms with Crippen LogP contribution in [0.25, 0.3) is 5.69 Å². The lowest BCUT2D eigenvalue weighted by atomic mass is 10.00. The first kappa shape index (κ1) is 25.1. The SMILES string of the molecule is CCC(=O)Nc1ccc(N2C(=S)N[C@@H](c3ccccn3)[C@@H]2c2cccn2-c2ccc([N+](=O)[O-])cc2)cc1C. The Morgan fingerprint density at radius 3 is 2.53 bits per heavy atom. The normalized spacial score (nSPS) is 16.8. The summed E-state index contributed by atoms with van der Waals surface area (Å²) in [6.45, 7) is 3.77. The molecule has 1 amide bonds. The molecule has 0 aliphatic carbocycles. The molecular formula is C28H26N6O3S. The molecule has 1 saturated heterocycles. The molecule has 192 valence electrons. The minimum absolute atomic E-state index is 0.0323. The fourth-order valence-electron chi connectivity index (χ4n) is 4.72. The van der Waals surface area contributed by atoms with Crippen LogP contribution in [0.1, 0.15) is 42.4 Å². The van der Waals surface area contributed by atoms with E-state index >= 15 is 0 Å². The molecule has 0 unspecified atom stereocenters. The Morgan fingerprint density at radius 2 is 1.87 bits per heavy atom. The fourth-order valence-corrected chi connectivity index (χ4v) is 5.06. The molecule has 9 nitrogen and oxygen atoms in total. The lowest BCUT2D eigenvalue weighted by Gasteiger charge is -2.29. The van der Waals surface area contributed by atoms with Crippen molar-refractivity contribution in [3.63, 3.8) is 0 Å². The quantitative estimate of drug-likeness (QED) is 0.183. The number of hydrogen-bond acceptors (Lipinski definition) is 5. The van der Waals surface area contributed by atoms with Crippen molar-refractivity contribution in [1.29, 1.82) is 0 Å². The van der Waals surface area contributed by atoms with Gasteiger partial charge in [-0.15, -0.1) is 0 Å². The summed E-state index contributed by atoms with van der Waals surface area (Å²) in [7, 11) is 0. The number of rotatable bonds is 7. The summed E-state index contributed by atoms with van der Waals surface area (Å²) in [6.07, 6.45) is 4.08. The van der Waals surface area contributed by atoms with Crippen LogP contribution in [0.4, 0.5) is 17.1 Å². The minimum atomic E-state index is -0.409. The number of nitro groups is 1. The van der Waals surface area contributed by atoms with E-state index in [1.54, 1.807) is 18.3 Å². The average molecular weight is 527 g/mol. The number of carbonyl (C=O) groups is 1. The summed E-state index contributed by atoms with van der Waals surface area (Å²) in [4.78, 5) is 29.4. The zero-order chi connectivity index (χ0) is 26.8. The number of carbonyl (C=O) groups excluding carboxylic acids is 1. The molecular weight excluding hydrogens is 500 g/mol. The van der Waals surface area contributed by atoms with Gasteiger partial charge < -0.3 is 20.1 Å². The van der Waals surface area contributed by atoms with Crippen LogP contribution in [0, 0.1) is 17.0 Å². The topological polar surface area (TPSA) is 105 Å². The van der Waals surface area contributed by atoms with Gasteiger partial charge in [-0.2, -0.15) is 0 Å². The van der Waals surface area contributed by atoms with E-state index in [2.05, 4.69) is 20.5 Å². The second kappa shape index (κ2) is 10.4. The number of hydrogen-bond donors (Lipinski definition) is 2. The smallest absolute Gasteiger partial charge is 0.269 e. The summed E-state index contributed by atoms with van der Waals surface area (Å²) in [5, 5.41) is 18.1. The molecule has 0 bridgehead atoms. The molecule has 0 spiro atoms. The number of nitro benzene ring substituents is 1. The average Bonchev–Trinajstić information content (AvgIpc) is 3.54. The second-order valence-electron chi connectivity index (χ2n) is 8.97. The van der Waals surface area contributed by atoms with Crippen LogP contribution >= 0.6 is 12.2 Å². The molecule has 4 aromatic rings. The van der Waals surface area contributed by atoms with Crippen LogP contribution in [0.2, 0.25) is 0 Å². The Bertz CT molecular complexity index is 1500. The molecule has 0 saturated carbocycles. The molecule has 38 heavy (non-hydrogen) atoms. The highest BCUT2D eigenvalue weighted by Gasteiger charge is 2.42. The highest BCUT2D eigenvalue weighted by molar-refractivity contribution is 7.80. The maximum atomic E-state index is 12.0. The molecule has 3 heterocycles. The van der Waals surface area contributed by atoms with Crippen molar-refractivity contribution >= 4 is 40.3 Å². The van der Waals surface area contributed by atoms with Gasteiger partial charge in [-0.25, -0.2) is 0 Å². The molecule has 10 heteroatoms. The van der Waals surface area contributed by atoms with Gasteiger partial charge in [0.05, 0.1) is 16.7 Å². The van der Waals surface area contributed by atoms with E-state index in [1.165, 1.54) is 12.1 Å². The van der Waals surface area contributed by atoms with Gasteiger partial charge in [0.2, 0.25) is 5.91 Å². The van der Waals surface area contributed by atoms with Gasteiger partial charge in [0.1, 0.15) is 6.04 Å². The Labute approximate surface area is 225 Å². The maximum absolute atomic E-state index is 12.0. The minimum Gasteiger partial charge on any atom is -0.351 e. The number of pyridine rings is 1. The van der Waals surface area contributed by atoms with E-state index in [0.29, 0.717) is 11.5 Å². The molecule has 1 fully saturated rings. The van der Waals surface area contributed by atoms with E-state index in [9.17, 15) is 14.9 Å². The van der Waals surface area contributed by atoms with E-state index in [1.807, 2.05) is 73.1 Å². The van der Waals surface area contributed by atoms with Crippen molar-refractivity contribution in [2.75, 3.05) is 10.2 Å². The van der Waals surface area contributed by atoms with Crippen molar-refractivity contribution in [2.45, 2.75) is 32.4 Å². The van der Waals surface area contributed by atoms with E-state index in [4.69, 9.17) is 12.2 Å². The summed E-state index contributed by atoms with van der Waals surface area (Å²) in [5.74, 6) is -0.0479. The van der Waals surface area contributed by atoms with Crippen LogP contribution in [-0.2, 0) is 4.79 Å². The molecule has 2 aromatic heterocycles. The molecule has 1 aliphatic rings. The summed E-state index contributed by atoms with van der Waals surface area (Å²) in [6, 6.07) is 21.5. The van der Waals surface area contributed by atoms with Gasteiger partial charge in [-0.05, 0) is 79.3 Å². The Kier molecular flexibility index (Phi) is 6.89. The first-order valence-corrected chi connectivity index (χ1v) is 12.6. The molecule has 5 rings (SSSR count). The number of nitrogens with one attached hydrogen (secondary N) is 2. The Balaban J connectivity index is 1.60. The molecule has 0 radical (unpaired) electrons. The number of thiocarbonyl (C=S) groups is 1. The number of non-ortho nitro benzene ring substituents is 1. The van der Waals surface area contributed by atoms with Gasteiger partial charge in [0.25, 0.3) is 5.69 Å². The van der Waals surface area contributed by atoms with Gasteiger partial charge in [-0.3, -0.25) is 19.9 Å². The summed E-state index contributed by atoms with van der Waals surface area (Å²) < 4.78 is 2.01. The van der Waals surface area contributed by atoms with Crippen molar-refractivity contribution < 1.29 is 9.72 Å². The predicted octanol–water partition coefficient (Wildman–Crippen LogP) is 5.61. The van der Waals surface area contributed by atoms with Crippen molar-refractivity contribution in [3.05, 3.63) is 112 Å². The van der Waals surface area contributed by atoms with Crippen LogP contribution in [-0.4, -0.2) is 25.5 Å². The Hall–Kier alpha value is -4.57. The van der Waals surface area contributed by atoms with E-state index < -0.39 is 4.92 Å². The summed E-state index contributed by atoms with van der Waals surface area (Å²) >= 11 is 5.85. The van der Waals surface area contributed by atoms with Gasteiger partial charge in [-0.1, -0.05) is 13.0 Å². The van der Waals surface area contributed by atoms with Gasteiger partial charge >= 0.3 is 0 Å². The zero-order valence-corrected chi connectivity index (χ0v) is 21.7. The third-order valence-corrected chi connectivity index (χ3v) is 6.92. The van der Waals surface area contributed by atoms with Crippen LogP contribution in [0.3, 0.4) is 0 Å². The van der Waals surface area contributed by atoms with Crippen molar-refractivity contribution in [3.8, 4) is 5.69 Å². The first-order valence-electron chi connectivity index (χ1n) is 12.2. The third kappa shape index (κ3) is 4.73. The lowest BCUT2D eigenvalue weighted by Crippen LogP contribution is -2.30. The zero-order valence-electron chi connectivity index (χ0n) is 20.9. The Morgan fingerprint density at radius 1 is 1.11 bits per heavy atom. The number of aryl methyl sites for hydroxylation is 1. The molecule has 2 N–H and O–H groups in total. The van der Waals surface area contributed by atoms with Gasteiger partial charge in [0, 0.05) is 53.7 Å². The highest BCUT2D eigenvalue weighted by Crippen LogP contribution is 2.43. The van der Waals surface area contributed by atoms with Crippen LogP contribution in [0.15, 0.2) is 85.2 Å². The summed E-state index contributed by atoms with van der Waals surface area (Å²) in [5.41, 5.74) is 5.13. The monoisotopic (exact) mass is 526 g/mol. The first-order chi connectivity index (χ1) is 18.4. The second-order valence-corrected chi connectivity index (χ2v) is 9.36. The van der Waals surface area contributed by atoms with Crippen LogP contribution < -0.4 is 15.5 Å². The number of amides is 1. The van der Waals surface area contributed by atoms with E-state index in [-0.39, 0.29) is 23.7 Å². The highest BCUT2D eigenvalue weighted by atomic mass is 32.1. The van der Waals surface area contributed by atoms with Crippen LogP contribution in [0.5, 0.6) is 0 Å². The fraction of sp³-hybridized carbons (Fsp3) is 0.179. The number of aromatic nitrogens is 2. The largest absolute Gasteiger partial charge is 0.351 e. The third-order valence-electron chi connectivity index (χ3n) is 6.60. The number of benzene rings is 2. The number of nitrogens with zero attached hydrogens (tertiary/aromatic N) is 4. The predicted molar refractivity (Wildman–Crippen MR) is 150 cm³/mol. The van der Waals surface area contributed by atoms with E-state index in [0.717, 1.165) is 34.0 Å². The van der Waals surface area contributed by atoms with Gasteiger partial charge in [0.15, 0.2) is 5.11 Å². The van der Waals surface area contributed by atoms with Crippen molar-refractivity contribution in [1.82, 2.24) is 14.9 Å². The maximum Gasteiger partial charge on any atom is 0.269 e.